The van der Waals surface area contributed by atoms with Crippen molar-refractivity contribution in [1.29, 1.82) is 0 Å². The molecule has 0 fully saturated rings. The van der Waals surface area contributed by atoms with E-state index >= 15 is 0 Å². The highest BCUT2D eigenvalue weighted by Gasteiger charge is 2.23. The molecule has 6 nitrogen and oxygen atoms in total. The second-order valence-electron chi connectivity index (χ2n) is 13.8. The topological polar surface area (TPSA) is 95.9 Å². The molecule has 0 saturated heterocycles. The van der Waals surface area contributed by atoms with Gasteiger partial charge in [-0.1, -0.05) is 177 Å². The maximum atomic E-state index is 13.0. The standard InChI is InChI=1S/C45H77NO5/c1-4-7-10-13-16-19-21-22-23-25-27-30-33-36-41(51-45(50)38-35-32-29-26-20-17-14-11-8-5-2)39-44(49)46-42(40-47)43(48)37-34-31-28-24-18-15-12-9-6-3/h7,10-11,13-14,16,19,21-23,25,27,41-43,47-48H,4-6,8-9,12,15,17-18,20,24,26,28-40H2,1-3H3,(H,46,49)/b10-7+,14-11-,16-13+,21-19-,23-22-,27-25+. The molecule has 0 heterocycles. The van der Waals surface area contributed by atoms with Crippen LogP contribution in [0, 0.1) is 0 Å². The maximum Gasteiger partial charge on any atom is 0.306 e. The second-order valence-corrected chi connectivity index (χ2v) is 13.8. The molecular formula is C45H77NO5. The van der Waals surface area contributed by atoms with Crippen LogP contribution in [0.3, 0.4) is 0 Å². The SMILES string of the molecule is CC/C=C/C=C/C=C\C=C/C=C/CCCC(CC(=O)NC(CO)C(O)CCCCCCCCCCC)OC(=O)CCCCCCC/C=C\CCC. The Labute approximate surface area is 313 Å². The van der Waals surface area contributed by atoms with Gasteiger partial charge in [0.2, 0.25) is 5.91 Å². The molecule has 0 aromatic heterocycles. The summed E-state index contributed by atoms with van der Waals surface area (Å²) in [5.41, 5.74) is 0. The van der Waals surface area contributed by atoms with E-state index in [4.69, 9.17) is 4.74 Å². The number of aliphatic hydroxyl groups excluding tert-OH is 2. The summed E-state index contributed by atoms with van der Waals surface area (Å²) in [5.74, 6) is -0.570. The Kier molecular flexibility index (Phi) is 36.5. The minimum absolute atomic E-state index is 0.0217. The molecule has 0 rings (SSSR count). The Morgan fingerprint density at radius 2 is 1.14 bits per heavy atom. The number of hydrogen-bond acceptors (Lipinski definition) is 5. The van der Waals surface area contributed by atoms with Gasteiger partial charge in [-0.3, -0.25) is 9.59 Å². The van der Waals surface area contributed by atoms with Crippen molar-refractivity contribution in [3.05, 3.63) is 72.9 Å². The Morgan fingerprint density at radius 3 is 1.76 bits per heavy atom. The van der Waals surface area contributed by atoms with Crippen LogP contribution in [0.2, 0.25) is 0 Å². The highest BCUT2D eigenvalue weighted by atomic mass is 16.5. The molecule has 0 aromatic carbocycles. The zero-order valence-corrected chi connectivity index (χ0v) is 33.0. The number of carbonyl (C=O) groups excluding carboxylic acids is 2. The smallest absolute Gasteiger partial charge is 0.306 e. The predicted molar refractivity (Wildman–Crippen MR) is 218 cm³/mol. The van der Waals surface area contributed by atoms with E-state index in [2.05, 4.69) is 50.4 Å². The molecule has 0 aliphatic heterocycles. The summed E-state index contributed by atoms with van der Waals surface area (Å²) in [6.07, 6.45) is 46.8. The highest BCUT2D eigenvalue weighted by Crippen LogP contribution is 2.16. The number of amides is 1. The van der Waals surface area contributed by atoms with Crippen molar-refractivity contribution in [2.75, 3.05) is 6.61 Å². The number of rotatable bonds is 35. The van der Waals surface area contributed by atoms with Gasteiger partial charge in [0.15, 0.2) is 0 Å². The first-order chi connectivity index (χ1) is 25.0. The van der Waals surface area contributed by atoms with Crippen LogP contribution in [-0.2, 0) is 14.3 Å². The van der Waals surface area contributed by atoms with Crippen molar-refractivity contribution >= 4 is 11.9 Å². The fourth-order valence-corrected chi connectivity index (χ4v) is 5.75. The molecule has 51 heavy (non-hydrogen) atoms. The lowest BCUT2D eigenvalue weighted by Gasteiger charge is -2.24. The number of allylic oxidation sites excluding steroid dienone is 12. The van der Waals surface area contributed by atoms with E-state index < -0.39 is 18.2 Å². The molecule has 0 saturated carbocycles. The van der Waals surface area contributed by atoms with Gasteiger partial charge in [0.1, 0.15) is 6.10 Å². The van der Waals surface area contributed by atoms with Crippen molar-refractivity contribution < 1.29 is 24.5 Å². The average molecular weight is 712 g/mol. The summed E-state index contributed by atoms with van der Waals surface area (Å²) in [6, 6.07) is -0.725. The van der Waals surface area contributed by atoms with Gasteiger partial charge in [0.25, 0.3) is 0 Å². The number of unbranched alkanes of at least 4 members (excludes halogenated alkanes) is 15. The molecule has 3 atom stereocenters. The lowest BCUT2D eigenvalue weighted by atomic mass is 10.0. The highest BCUT2D eigenvalue weighted by molar-refractivity contribution is 5.77. The fraction of sp³-hybridized carbons (Fsp3) is 0.689. The molecule has 0 aliphatic rings. The third-order valence-corrected chi connectivity index (χ3v) is 8.88. The fourth-order valence-electron chi connectivity index (χ4n) is 5.75. The molecular weight excluding hydrogens is 634 g/mol. The molecule has 6 heteroatoms. The maximum absolute atomic E-state index is 13.0. The van der Waals surface area contributed by atoms with Gasteiger partial charge in [0, 0.05) is 6.42 Å². The summed E-state index contributed by atoms with van der Waals surface area (Å²) in [4.78, 5) is 25.8. The molecule has 3 unspecified atom stereocenters. The normalized spacial score (nSPS) is 14.2. The Balaban J connectivity index is 4.80. The zero-order valence-electron chi connectivity index (χ0n) is 33.0. The number of nitrogens with one attached hydrogen (secondary N) is 1. The van der Waals surface area contributed by atoms with Crippen LogP contribution in [0.5, 0.6) is 0 Å². The van der Waals surface area contributed by atoms with Crippen molar-refractivity contribution in [2.45, 2.75) is 193 Å². The monoisotopic (exact) mass is 712 g/mol. The van der Waals surface area contributed by atoms with Gasteiger partial charge >= 0.3 is 5.97 Å². The molecule has 1 amide bonds. The van der Waals surface area contributed by atoms with Crippen LogP contribution in [0.4, 0.5) is 0 Å². The minimum Gasteiger partial charge on any atom is -0.462 e. The molecule has 0 bridgehead atoms. The second kappa shape index (κ2) is 38.5. The van der Waals surface area contributed by atoms with Crippen LogP contribution in [-0.4, -0.2) is 46.9 Å². The lowest BCUT2D eigenvalue weighted by molar-refractivity contribution is -0.151. The van der Waals surface area contributed by atoms with Gasteiger partial charge in [0.05, 0.1) is 25.2 Å². The number of carbonyl (C=O) groups is 2. The zero-order chi connectivity index (χ0) is 37.5. The van der Waals surface area contributed by atoms with E-state index in [1.165, 1.54) is 51.4 Å². The Morgan fingerprint density at radius 1 is 0.588 bits per heavy atom. The number of esters is 1. The van der Waals surface area contributed by atoms with Crippen LogP contribution in [0.25, 0.3) is 0 Å². The summed E-state index contributed by atoms with van der Waals surface area (Å²) in [5, 5.41) is 23.5. The van der Waals surface area contributed by atoms with E-state index in [0.29, 0.717) is 19.3 Å². The molecule has 0 aliphatic carbocycles. The van der Waals surface area contributed by atoms with E-state index in [1.54, 1.807) is 0 Å². The van der Waals surface area contributed by atoms with Gasteiger partial charge in [-0.15, -0.1) is 0 Å². The van der Waals surface area contributed by atoms with E-state index in [1.807, 2.05) is 48.6 Å². The van der Waals surface area contributed by atoms with Gasteiger partial charge < -0.3 is 20.3 Å². The quantitative estimate of drug-likeness (QED) is 0.0263. The summed E-state index contributed by atoms with van der Waals surface area (Å²) < 4.78 is 5.83. The van der Waals surface area contributed by atoms with Crippen LogP contribution in [0.1, 0.15) is 175 Å². The summed E-state index contributed by atoms with van der Waals surface area (Å²) in [6.45, 7) is 6.20. The first-order valence-corrected chi connectivity index (χ1v) is 20.7. The average Bonchev–Trinajstić information content (AvgIpc) is 3.12. The van der Waals surface area contributed by atoms with E-state index in [0.717, 1.165) is 77.0 Å². The van der Waals surface area contributed by atoms with Crippen molar-refractivity contribution in [2.24, 2.45) is 0 Å². The van der Waals surface area contributed by atoms with E-state index in [9.17, 15) is 19.8 Å². The number of hydrogen-bond donors (Lipinski definition) is 3. The molecule has 3 N–H and O–H groups in total. The summed E-state index contributed by atoms with van der Waals surface area (Å²) in [7, 11) is 0. The first kappa shape index (κ1) is 48.3. The number of aliphatic hydroxyl groups is 2. The van der Waals surface area contributed by atoms with Crippen LogP contribution < -0.4 is 5.32 Å². The third-order valence-electron chi connectivity index (χ3n) is 8.88. The number of ether oxygens (including phenoxy) is 1. The minimum atomic E-state index is -0.807. The first-order valence-electron chi connectivity index (χ1n) is 20.7. The molecule has 0 aromatic rings. The Hall–Kier alpha value is -2.70. The Bertz CT molecular complexity index is 979. The van der Waals surface area contributed by atoms with Crippen LogP contribution >= 0.6 is 0 Å². The van der Waals surface area contributed by atoms with Gasteiger partial charge in [-0.25, -0.2) is 0 Å². The summed E-state index contributed by atoms with van der Waals surface area (Å²) >= 11 is 0. The van der Waals surface area contributed by atoms with Crippen molar-refractivity contribution in [3.8, 4) is 0 Å². The largest absolute Gasteiger partial charge is 0.462 e. The van der Waals surface area contributed by atoms with Crippen LogP contribution in [0.15, 0.2) is 72.9 Å². The van der Waals surface area contributed by atoms with Gasteiger partial charge in [-0.2, -0.15) is 0 Å². The lowest BCUT2D eigenvalue weighted by Crippen LogP contribution is -2.46. The molecule has 0 spiro atoms. The molecule has 0 radical (unpaired) electrons. The predicted octanol–water partition coefficient (Wildman–Crippen LogP) is 11.5. The van der Waals surface area contributed by atoms with Crippen molar-refractivity contribution in [1.82, 2.24) is 5.32 Å². The van der Waals surface area contributed by atoms with E-state index in [-0.39, 0.29) is 24.9 Å². The van der Waals surface area contributed by atoms with Crippen molar-refractivity contribution in [3.63, 3.8) is 0 Å². The van der Waals surface area contributed by atoms with Gasteiger partial charge in [-0.05, 0) is 57.8 Å². The third kappa shape index (κ3) is 34.2. The molecule has 292 valence electrons.